The Hall–Kier alpha value is -1.07. The number of nitrogens with one attached hydrogen (secondary N) is 2. The maximum atomic E-state index is 11.1. The number of anilines is 1. The van der Waals surface area contributed by atoms with Crippen molar-refractivity contribution in [3.05, 3.63) is 29.8 Å². The molecule has 1 rings (SSSR count). The normalized spacial score (nSPS) is 12.5. The van der Waals surface area contributed by atoms with Gasteiger partial charge >= 0.3 is 0 Å². The first-order valence-corrected chi connectivity index (χ1v) is 7.37. The molecule has 0 fully saturated rings. The van der Waals surface area contributed by atoms with Gasteiger partial charge in [0.05, 0.1) is 6.26 Å². The highest BCUT2D eigenvalue weighted by atomic mass is 32.2. The predicted octanol–water partition coefficient (Wildman–Crippen LogP) is 1.95. The monoisotopic (exact) mass is 256 g/mol. The number of rotatable bonds is 4. The van der Waals surface area contributed by atoms with E-state index in [-0.39, 0.29) is 5.54 Å². The van der Waals surface area contributed by atoms with Crippen molar-refractivity contribution in [2.75, 3.05) is 11.0 Å². The molecule has 0 saturated heterocycles. The minimum Gasteiger partial charge on any atom is -0.308 e. The zero-order valence-electron chi connectivity index (χ0n) is 10.7. The van der Waals surface area contributed by atoms with E-state index in [0.717, 1.165) is 11.8 Å². The van der Waals surface area contributed by atoms with Gasteiger partial charge in [-0.05, 0) is 38.5 Å². The second kappa shape index (κ2) is 5.06. The second-order valence-electron chi connectivity index (χ2n) is 5.18. The summed E-state index contributed by atoms with van der Waals surface area (Å²) in [5, 5.41) is 3.35. The molecule has 0 aliphatic rings. The van der Waals surface area contributed by atoms with E-state index in [1.807, 2.05) is 18.2 Å². The van der Waals surface area contributed by atoms with Crippen LogP contribution in [0.2, 0.25) is 0 Å². The van der Waals surface area contributed by atoms with Crippen molar-refractivity contribution in [3.63, 3.8) is 0 Å². The van der Waals surface area contributed by atoms with Crippen molar-refractivity contribution >= 4 is 15.7 Å². The fourth-order valence-corrected chi connectivity index (χ4v) is 1.88. The molecule has 0 bridgehead atoms. The second-order valence-corrected chi connectivity index (χ2v) is 6.93. The Kier molecular flexibility index (Phi) is 4.16. The number of hydrogen-bond acceptors (Lipinski definition) is 3. The molecular formula is C12H20N2O2S. The number of hydrogen-bond donors (Lipinski definition) is 2. The van der Waals surface area contributed by atoms with Gasteiger partial charge in [0.1, 0.15) is 0 Å². The summed E-state index contributed by atoms with van der Waals surface area (Å²) >= 11 is 0. The van der Waals surface area contributed by atoms with E-state index in [1.54, 1.807) is 6.07 Å². The molecule has 0 saturated carbocycles. The minimum atomic E-state index is -3.21. The molecule has 0 aliphatic heterocycles. The molecule has 0 atom stereocenters. The van der Waals surface area contributed by atoms with Gasteiger partial charge in [0.15, 0.2) is 0 Å². The van der Waals surface area contributed by atoms with Gasteiger partial charge in [-0.3, -0.25) is 4.72 Å². The van der Waals surface area contributed by atoms with Gasteiger partial charge in [-0.1, -0.05) is 12.1 Å². The summed E-state index contributed by atoms with van der Waals surface area (Å²) in [5.74, 6) is 0. The van der Waals surface area contributed by atoms with Crippen LogP contribution in [-0.4, -0.2) is 20.2 Å². The molecule has 4 nitrogen and oxygen atoms in total. The van der Waals surface area contributed by atoms with Crippen LogP contribution in [0.4, 0.5) is 5.69 Å². The summed E-state index contributed by atoms with van der Waals surface area (Å²) in [6.07, 6.45) is 1.15. The summed E-state index contributed by atoms with van der Waals surface area (Å²) in [6.45, 7) is 6.98. The van der Waals surface area contributed by atoms with Gasteiger partial charge in [0.2, 0.25) is 10.0 Å². The Balaban J connectivity index is 2.73. The summed E-state index contributed by atoms with van der Waals surface area (Å²) in [7, 11) is -3.21. The van der Waals surface area contributed by atoms with Gasteiger partial charge < -0.3 is 5.32 Å². The van der Waals surface area contributed by atoms with Crippen molar-refractivity contribution < 1.29 is 8.42 Å². The molecule has 0 heterocycles. The molecule has 1 aromatic rings. The maximum absolute atomic E-state index is 11.1. The summed E-state index contributed by atoms with van der Waals surface area (Å²) in [4.78, 5) is 0. The highest BCUT2D eigenvalue weighted by Crippen LogP contribution is 2.12. The molecule has 1 aromatic carbocycles. The van der Waals surface area contributed by atoms with E-state index in [9.17, 15) is 8.42 Å². The summed E-state index contributed by atoms with van der Waals surface area (Å²) in [5.41, 5.74) is 1.69. The highest BCUT2D eigenvalue weighted by Gasteiger charge is 2.08. The third-order valence-corrected chi connectivity index (χ3v) is 2.66. The van der Waals surface area contributed by atoms with E-state index >= 15 is 0 Å². The molecule has 5 heteroatoms. The number of sulfonamides is 1. The molecule has 0 unspecified atom stereocenters. The van der Waals surface area contributed by atoms with Crippen molar-refractivity contribution in [1.29, 1.82) is 0 Å². The van der Waals surface area contributed by atoms with Gasteiger partial charge in [-0.25, -0.2) is 8.42 Å². The highest BCUT2D eigenvalue weighted by molar-refractivity contribution is 7.92. The van der Waals surface area contributed by atoms with E-state index < -0.39 is 10.0 Å². The first-order valence-electron chi connectivity index (χ1n) is 5.47. The SMILES string of the molecule is CC(C)(C)NCc1cccc(NS(C)(=O)=O)c1. The van der Waals surface area contributed by atoms with Gasteiger partial charge in [0.25, 0.3) is 0 Å². The van der Waals surface area contributed by atoms with Crippen molar-refractivity contribution in [1.82, 2.24) is 5.32 Å². The van der Waals surface area contributed by atoms with Crippen LogP contribution >= 0.6 is 0 Å². The van der Waals surface area contributed by atoms with Crippen LogP contribution in [0.3, 0.4) is 0 Å². The zero-order valence-corrected chi connectivity index (χ0v) is 11.6. The van der Waals surface area contributed by atoms with Gasteiger partial charge in [0, 0.05) is 17.8 Å². The fraction of sp³-hybridized carbons (Fsp3) is 0.500. The van der Waals surface area contributed by atoms with E-state index in [2.05, 4.69) is 30.8 Å². The topological polar surface area (TPSA) is 58.2 Å². The van der Waals surface area contributed by atoms with Crippen LogP contribution < -0.4 is 10.0 Å². The lowest BCUT2D eigenvalue weighted by atomic mass is 10.1. The number of benzene rings is 1. The maximum Gasteiger partial charge on any atom is 0.229 e. The van der Waals surface area contributed by atoms with Gasteiger partial charge in [-0.2, -0.15) is 0 Å². The van der Waals surface area contributed by atoms with Crippen LogP contribution in [0, 0.1) is 0 Å². The summed E-state index contributed by atoms with van der Waals surface area (Å²) < 4.78 is 24.7. The Bertz CT molecular complexity index is 476. The van der Waals surface area contributed by atoms with Crippen LogP contribution in [0.15, 0.2) is 24.3 Å². The Morgan fingerprint density at radius 3 is 2.41 bits per heavy atom. The van der Waals surface area contributed by atoms with Crippen molar-refractivity contribution in [3.8, 4) is 0 Å². The Morgan fingerprint density at radius 2 is 1.88 bits per heavy atom. The van der Waals surface area contributed by atoms with Crippen LogP contribution in [0.5, 0.6) is 0 Å². The van der Waals surface area contributed by atoms with E-state index in [1.165, 1.54) is 0 Å². The Morgan fingerprint density at radius 1 is 1.24 bits per heavy atom. The average Bonchev–Trinajstić information content (AvgIpc) is 2.11. The molecule has 2 N–H and O–H groups in total. The molecule has 96 valence electrons. The standard InChI is InChI=1S/C12H20N2O2S/c1-12(2,3)13-9-10-6-5-7-11(8-10)14-17(4,15)16/h5-8,13-14H,9H2,1-4H3. The summed E-state index contributed by atoms with van der Waals surface area (Å²) in [6, 6.07) is 7.38. The predicted molar refractivity (Wildman–Crippen MR) is 71.5 cm³/mol. The lowest BCUT2D eigenvalue weighted by Gasteiger charge is -2.20. The molecule has 0 radical (unpaired) electrons. The molecule has 0 amide bonds. The molecule has 0 spiro atoms. The molecule has 0 aliphatic carbocycles. The Labute approximate surface area is 103 Å². The quantitative estimate of drug-likeness (QED) is 0.865. The smallest absolute Gasteiger partial charge is 0.229 e. The van der Waals surface area contributed by atoms with Crippen LogP contribution in [-0.2, 0) is 16.6 Å². The molecule has 0 aromatic heterocycles. The van der Waals surface area contributed by atoms with Crippen molar-refractivity contribution in [2.45, 2.75) is 32.9 Å². The third kappa shape index (κ3) is 6.28. The lowest BCUT2D eigenvalue weighted by molar-refractivity contribution is 0.424. The fourth-order valence-electron chi connectivity index (χ4n) is 1.33. The molecule has 17 heavy (non-hydrogen) atoms. The average molecular weight is 256 g/mol. The van der Waals surface area contributed by atoms with Crippen LogP contribution in [0.1, 0.15) is 26.3 Å². The van der Waals surface area contributed by atoms with Crippen molar-refractivity contribution in [2.24, 2.45) is 0 Å². The molecular weight excluding hydrogens is 236 g/mol. The van der Waals surface area contributed by atoms with Crippen LogP contribution in [0.25, 0.3) is 0 Å². The van der Waals surface area contributed by atoms with E-state index in [4.69, 9.17) is 0 Å². The van der Waals surface area contributed by atoms with Gasteiger partial charge in [-0.15, -0.1) is 0 Å². The lowest BCUT2D eigenvalue weighted by Crippen LogP contribution is -2.35. The first kappa shape index (κ1) is 14.0. The van der Waals surface area contributed by atoms with E-state index in [0.29, 0.717) is 12.2 Å². The first-order chi connectivity index (χ1) is 7.66. The zero-order chi connectivity index (χ0) is 13.1. The minimum absolute atomic E-state index is 0.0419. The third-order valence-electron chi connectivity index (χ3n) is 2.05. The largest absolute Gasteiger partial charge is 0.308 e.